The maximum absolute atomic E-state index is 11.9. The van der Waals surface area contributed by atoms with E-state index in [-0.39, 0.29) is 5.91 Å². The van der Waals surface area contributed by atoms with Gasteiger partial charge in [0.15, 0.2) is 0 Å². The number of rotatable bonds is 4. The first-order chi connectivity index (χ1) is 8.65. The van der Waals surface area contributed by atoms with E-state index < -0.39 is 0 Å². The minimum absolute atomic E-state index is 0.109. The quantitative estimate of drug-likeness (QED) is 0.889. The van der Waals surface area contributed by atoms with E-state index in [9.17, 15) is 4.79 Å². The number of amides is 1. The molecule has 1 N–H and O–H groups in total. The number of halogens is 1. The molecule has 2 rings (SSSR count). The Balaban J connectivity index is 1.82. The van der Waals surface area contributed by atoms with Crippen molar-refractivity contribution in [2.24, 2.45) is 0 Å². The van der Waals surface area contributed by atoms with Gasteiger partial charge in [-0.05, 0) is 43.5 Å². The fourth-order valence-corrected chi connectivity index (χ4v) is 3.80. The SMILES string of the molecule is Cc1cc(Br)ccc1NC(=O)CSC1CCCC1. The minimum atomic E-state index is 0.109. The van der Waals surface area contributed by atoms with Crippen LogP contribution in [0.15, 0.2) is 22.7 Å². The van der Waals surface area contributed by atoms with Gasteiger partial charge in [0.05, 0.1) is 5.75 Å². The van der Waals surface area contributed by atoms with Crippen LogP contribution < -0.4 is 5.32 Å². The summed E-state index contributed by atoms with van der Waals surface area (Å²) in [6, 6.07) is 5.91. The molecule has 0 aliphatic heterocycles. The number of thioether (sulfide) groups is 1. The highest BCUT2D eigenvalue weighted by atomic mass is 79.9. The predicted octanol–water partition coefficient (Wildman–Crippen LogP) is 4.37. The first-order valence-electron chi connectivity index (χ1n) is 6.33. The van der Waals surface area contributed by atoms with E-state index in [1.807, 2.05) is 25.1 Å². The minimum Gasteiger partial charge on any atom is -0.325 e. The van der Waals surface area contributed by atoms with Crippen LogP contribution in [-0.4, -0.2) is 16.9 Å². The number of carbonyl (C=O) groups is 1. The standard InChI is InChI=1S/C14H18BrNOS/c1-10-8-11(15)6-7-13(10)16-14(17)9-18-12-4-2-3-5-12/h6-8,12H,2-5,9H2,1H3,(H,16,17). The molecule has 1 aromatic carbocycles. The van der Waals surface area contributed by atoms with Crippen LogP contribution >= 0.6 is 27.7 Å². The van der Waals surface area contributed by atoms with Gasteiger partial charge in [-0.15, -0.1) is 11.8 Å². The lowest BCUT2D eigenvalue weighted by molar-refractivity contribution is -0.113. The van der Waals surface area contributed by atoms with Crippen LogP contribution in [0.4, 0.5) is 5.69 Å². The lowest BCUT2D eigenvalue weighted by Crippen LogP contribution is -2.16. The summed E-state index contributed by atoms with van der Waals surface area (Å²) >= 11 is 5.22. The number of aryl methyl sites for hydroxylation is 1. The second-order valence-electron chi connectivity index (χ2n) is 4.72. The molecule has 1 saturated carbocycles. The maximum atomic E-state index is 11.9. The molecular formula is C14H18BrNOS. The van der Waals surface area contributed by atoms with Gasteiger partial charge < -0.3 is 5.32 Å². The van der Waals surface area contributed by atoms with Gasteiger partial charge in [-0.25, -0.2) is 0 Å². The number of carbonyl (C=O) groups excluding carboxylic acids is 1. The fourth-order valence-electron chi connectivity index (χ4n) is 2.20. The van der Waals surface area contributed by atoms with Crippen molar-refractivity contribution in [1.82, 2.24) is 0 Å². The van der Waals surface area contributed by atoms with Crippen LogP contribution in [0.1, 0.15) is 31.2 Å². The van der Waals surface area contributed by atoms with Crippen molar-refractivity contribution in [3.05, 3.63) is 28.2 Å². The Morgan fingerprint density at radius 1 is 1.44 bits per heavy atom. The highest BCUT2D eigenvalue weighted by Gasteiger charge is 2.16. The average Bonchev–Trinajstić information content (AvgIpc) is 2.83. The average molecular weight is 328 g/mol. The monoisotopic (exact) mass is 327 g/mol. The molecule has 0 saturated heterocycles. The summed E-state index contributed by atoms with van der Waals surface area (Å²) in [6.07, 6.45) is 5.20. The molecule has 1 fully saturated rings. The maximum Gasteiger partial charge on any atom is 0.234 e. The molecule has 0 heterocycles. The molecule has 0 atom stereocenters. The Morgan fingerprint density at radius 3 is 2.83 bits per heavy atom. The van der Waals surface area contributed by atoms with Gasteiger partial charge >= 0.3 is 0 Å². The highest BCUT2D eigenvalue weighted by Crippen LogP contribution is 2.29. The summed E-state index contributed by atoms with van der Waals surface area (Å²) in [5, 5.41) is 3.68. The molecular weight excluding hydrogens is 310 g/mol. The zero-order valence-corrected chi connectivity index (χ0v) is 12.9. The predicted molar refractivity (Wildman–Crippen MR) is 82.2 cm³/mol. The number of anilines is 1. The Hall–Kier alpha value is -0.480. The summed E-state index contributed by atoms with van der Waals surface area (Å²) in [5.74, 6) is 0.678. The van der Waals surface area contributed by atoms with E-state index >= 15 is 0 Å². The van der Waals surface area contributed by atoms with Crippen LogP contribution in [0, 0.1) is 6.92 Å². The van der Waals surface area contributed by atoms with Gasteiger partial charge in [0.1, 0.15) is 0 Å². The van der Waals surface area contributed by atoms with Crippen LogP contribution in [0.2, 0.25) is 0 Å². The fraction of sp³-hybridized carbons (Fsp3) is 0.500. The van der Waals surface area contributed by atoms with Crippen LogP contribution in [0.3, 0.4) is 0 Å². The third kappa shape index (κ3) is 4.02. The normalized spacial score (nSPS) is 15.9. The highest BCUT2D eigenvalue weighted by molar-refractivity contribution is 9.10. The lowest BCUT2D eigenvalue weighted by Gasteiger charge is -2.11. The molecule has 0 radical (unpaired) electrons. The van der Waals surface area contributed by atoms with Crippen molar-refractivity contribution in [3.63, 3.8) is 0 Å². The second kappa shape index (κ2) is 6.62. The van der Waals surface area contributed by atoms with Crippen molar-refractivity contribution < 1.29 is 4.79 Å². The van der Waals surface area contributed by atoms with E-state index in [1.54, 1.807) is 11.8 Å². The summed E-state index contributed by atoms with van der Waals surface area (Å²) < 4.78 is 1.04. The summed E-state index contributed by atoms with van der Waals surface area (Å²) in [6.45, 7) is 2.00. The van der Waals surface area contributed by atoms with Crippen molar-refractivity contribution in [1.29, 1.82) is 0 Å². The molecule has 18 heavy (non-hydrogen) atoms. The topological polar surface area (TPSA) is 29.1 Å². The zero-order chi connectivity index (χ0) is 13.0. The largest absolute Gasteiger partial charge is 0.325 e. The van der Waals surface area contributed by atoms with Gasteiger partial charge in [-0.2, -0.15) is 0 Å². The van der Waals surface area contributed by atoms with Gasteiger partial charge in [-0.3, -0.25) is 4.79 Å². The van der Waals surface area contributed by atoms with Crippen molar-refractivity contribution >= 4 is 39.3 Å². The third-order valence-electron chi connectivity index (χ3n) is 3.21. The molecule has 0 spiro atoms. The lowest BCUT2D eigenvalue weighted by atomic mass is 10.2. The van der Waals surface area contributed by atoms with Crippen molar-refractivity contribution in [2.45, 2.75) is 37.9 Å². The summed E-state index contributed by atoms with van der Waals surface area (Å²) in [5.41, 5.74) is 2.00. The van der Waals surface area contributed by atoms with E-state index in [4.69, 9.17) is 0 Å². The smallest absolute Gasteiger partial charge is 0.234 e. The molecule has 1 aromatic rings. The number of hydrogen-bond donors (Lipinski definition) is 1. The first kappa shape index (κ1) is 13.9. The molecule has 1 aliphatic carbocycles. The molecule has 4 heteroatoms. The Bertz CT molecular complexity index is 430. The molecule has 2 nitrogen and oxygen atoms in total. The third-order valence-corrected chi connectivity index (χ3v) is 5.08. The molecule has 0 unspecified atom stereocenters. The summed E-state index contributed by atoms with van der Waals surface area (Å²) in [7, 11) is 0. The Labute approximate surface area is 121 Å². The van der Waals surface area contributed by atoms with Crippen LogP contribution in [0.25, 0.3) is 0 Å². The van der Waals surface area contributed by atoms with E-state index in [0.29, 0.717) is 11.0 Å². The number of benzene rings is 1. The molecule has 98 valence electrons. The van der Waals surface area contributed by atoms with Crippen LogP contribution in [0.5, 0.6) is 0 Å². The van der Waals surface area contributed by atoms with Crippen LogP contribution in [-0.2, 0) is 4.79 Å². The number of nitrogens with one attached hydrogen (secondary N) is 1. The van der Waals surface area contributed by atoms with Gasteiger partial charge in [-0.1, -0.05) is 28.8 Å². The van der Waals surface area contributed by atoms with Crippen molar-refractivity contribution in [2.75, 3.05) is 11.1 Å². The molecule has 0 bridgehead atoms. The van der Waals surface area contributed by atoms with E-state index in [0.717, 1.165) is 15.7 Å². The molecule has 1 aliphatic rings. The zero-order valence-electron chi connectivity index (χ0n) is 10.5. The van der Waals surface area contributed by atoms with E-state index in [1.165, 1.54) is 25.7 Å². The van der Waals surface area contributed by atoms with Gasteiger partial charge in [0, 0.05) is 15.4 Å². The Morgan fingerprint density at radius 2 is 2.17 bits per heavy atom. The van der Waals surface area contributed by atoms with E-state index in [2.05, 4.69) is 21.2 Å². The second-order valence-corrected chi connectivity index (χ2v) is 6.93. The Kier molecular flexibility index (Phi) is 5.13. The van der Waals surface area contributed by atoms with Crippen molar-refractivity contribution in [3.8, 4) is 0 Å². The molecule has 1 amide bonds. The van der Waals surface area contributed by atoms with Gasteiger partial charge in [0.25, 0.3) is 0 Å². The summed E-state index contributed by atoms with van der Waals surface area (Å²) in [4.78, 5) is 11.9. The van der Waals surface area contributed by atoms with Gasteiger partial charge in [0.2, 0.25) is 5.91 Å². The number of hydrogen-bond acceptors (Lipinski definition) is 2. The first-order valence-corrected chi connectivity index (χ1v) is 8.17. The molecule has 0 aromatic heterocycles.